The van der Waals surface area contributed by atoms with E-state index in [1.54, 1.807) is 6.21 Å². The maximum absolute atomic E-state index is 10.3. The normalized spacial score (nSPS) is 13.5. The number of aliphatic carboxylic acids is 1. The summed E-state index contributed by atoms with van der Waals surface area (Å²) in [5.41, 5.74) is 5.29. The Labute approximate surface area is 72.5 Å². The van der Waals surface area contributed by atoms with Gasteiger partial charge in [0.05, 0.1) is 0 Å². The smallest absolute Gasteiger partial charge is 0.320 e. The molecule has 0 saturated carbocycles. The van der Waals surface area contributed by atoms with Crippen LogP contribution in [-0.2, 0) is 4.79 Å². The summed E-state index contributed by atoms with van der Waals surface area (Å²) in [7, 11) is 0. The molecule has 4 heteroatoms. The Balaban J connectivity index is 3.25. The van der Waals surface area contributed by atoms with E-state index in [9.17, 15) is 4.79 Å². The van der Waals surface area contributed by atoms with Crippen molar-refractivity contribution in [2.75, 3.05) is 6.54 Å². The highest BCUT2D eigenvalue weighted by Gasteiger charge is 2.09. The SMILES string of the molecule is CC=NCCCC[C@H](N)C(=O)O. The van der Waals surface area contributed by atoms with Crippen LogP contribution >= 0.6 is 0 Å². The lowest BCUT2D eigenvalue weighted by atomic mass is 10.1. The van der Waals surface area contributed by atoms with Crippen LogP contribution in [0, 0.1) is 0 Å². The minimum Gasteiger partial charge on any atom is -0.480 e. The maximum Gasteiger partial charge on any atom is 0.320 e. The lowest BCUT2D eigenvalue weighted by molar-refractivity contribution is -0.138. The van der Waals surface area contributed by atoms with Gasteiger partial charge in [-0.3, -0.25) is 9.79 Å². The molecule has 1 atom stereocenters. The number of carboxylic acid groups (broad SMARTS) is 1. The van der Waals surface area contributed by atoms with Crippen LogP contribution in [0.3, 0.4) is 0 Å². The van der Waals surface area contributed by atoms with Crippen molar-refractivity contribution in [3.8, 4) is 0 Å². The van der Waals surface area contributed by atoms with Crippen molar-refractivity contribution in [1.29, 1.82) is 0 Å². The van der Waals surface area contributed by atoms with Crippen LogP contribution in [0.5, 0.6) is 0 Å². The van der Waals surface area contributed by atoms with Gasteiger partial charge in [-0.15, -0.1) is 0 Å². The molecule has 4 nitrogen and oxygen atoms in total. The minimum absolute atomic E-state index is 0.536. The van der Waals surface area contributed by atoms with Gasteiger partial charge in [-0.1, -0.05) is 0 Å². The Morgan fingerprint density at radius 2 is 2.33 bits per heavy atom. The Kier molecular flexibility index (Phi) is 6.28. The lowest BCUT2D eigenvalue weighted by Gasteiger charge is -2.03. The average Bonchev–Trinajstić information content (AvgIpc) is 2.03. The molecule has 0 unspecified atom stereocenters. The van der Waals surface area contributed by atoms with Crippen molar-refractivity contribution in [2.24, 2.45) is 10.7 Å². The standard InChI is InChI=1S/C8H16N2O2/c1-2-10-6-4-3-5-7(9)8(11)12/h2,7H,3-6,9H2,1H3,(H,11,12)/t7-/m0/s1. The monoisotopic (exact) mass is 172 g/mol. The summed E-state index contributed by atoms with van der Waals surface area (Å²) >= 11 is 0. The molecule has 0 fully saturated rings. The van der Waals surface area contributed by atoms with Crippen molar-refractivity contribution in [2.45, 2.75) is 32.2 Å². The maximum atomic E-state index is 10.3. The molecule has 0 rings (SSSR count). The Morgan fingerprint density at radius 3 is 2.83 bits per heavy atom. The fourth-order valence-corrected chi connectivity index (χ4v) is 0.820. The molecule has 0 aliphatic heterocycles. The third-order valence-corrected chi connectivity index (χ3v) is 1.55. The molecular formula is C8H16N2O2. The lowest BCUT2D eigenvalue weighted by Crippen LogP contribution is -2.29. The van der Waals surface area contributed by atoms with Crippen LogP contribution in [0.1, 0.15) is 26.2 Å². The van der Waals surface area contributed by atoms with Crippen molar-refractivity contribution in [1.82, 2.24) is 0 Å². The summed E-state index contributed by atoms with van der Waals surface area (Å²) in [6, 6.07) is -0.712. The Morgan fingerprint density at radius 1 is 1.67 bits per heavy atom. The molecule has 0 saturated heterocycles. The van der Waals surface area contributed by atoms with Gasteiger partial charge in [-0.05, 0) is 32.4 Å². The van der Waals surface area contributed by atoms with Crippen LogP contribution in [0.25, 0.3) is 0 Å². The largest absolute Gasteiger partial charge is 0.480 e. The van der Waals surface area contributed by atoms with Gasteiger partial charge >= 0.3 is 5.97 Å². The molecular weight excluding hydrogens is 156 g/mol. The van der Waals surface area contributed by atoms with E-state index >= 15 is 0 Å². The minimum atomic E-state index is -0.922. The molecule has 0 aromatic rings. The zero-order chi connectivity index (χ0) is 9.40. The van der Waals surface area contributed by atoms with Gasteiger partial charge in [0.2, 0.25) is 0 Å². The van der Waals surface area contributed by atoms with Crippen molar-refractivity contribution >= 4 is 12.2 Å². The fraction of sp³-hybridized carbons (Fsp3) is 0.750. The number of unbranched alkanes of at least 4 members (excludes halogenated alkanes) is 1. The number of aliphatic imine (C=N–C) groups is 1. The van der Waals surface area contributed by atoms with Crippen molar-refractivity contribution < 1.29 is 9.90 Å². The zero-order valence-corrected chi connectivity index (χ0v) is 7.36. The van der Waals surface area contributed by atoms with Gasteiger partial charge < -0.3 is 10.8 Å². The van der Waals surface area contributed by atoms with Gasteiger partial charge in [0.1, 0.15) is 6.04 Å². The second-order valence-corrected chi connectivity index (χ2v) is 2.60. The summed E-state index contributed by atoms with van der Waals surface area (Å²) in [5.74, 6) is -0.922. The Hall–Kier alpha value is -0.900. The van der Waals surface area contributed by atoms with Gasteiger partial charge in [-0.2, -0.15) is 0 Å². The molecule has 0 radical (unpaired) electrons. The van der Waals surface area contributed by atoms with Crippen molar-refractivity contribution in [3.63, 3.8) is 0 Å². The molecule has 0 bridgehead atoms. The number of hydrogen-bond donors (Lipinski definition) is 2. The van der Waals surface area contributed by atoms with E-state index in [4.69, 9.17) is 10.8 Å². The first-order valence-electron chi connectivity index (χ1n) is 4.11. The molecule has 0 heterocycles. The third-order valence-electron chi connectivity index (χ3n) is 1.55. The second-order valence-electron chi connectivity index (χ2n) is 2.60. The summed E-state index contributed by atoms with van der Waals surface area (Å²) < 4.78 is 0. The number of rotatable bonds is 6. The van der Waals surface area contributed by atoms with Crippen LogP contribution in [0.4, 0.5) is 0 Å². The number of nitrogens with zero attached hydrogens (tertiary/aromatic N) is 1. The predicted octanol–water partition coefficient (Wildman–Crippen LogP) is 0.659. The number of carbonyl (C=O) groups is 1. The van der Waals surface area contributed by atoms with E-state index in [1.807, 2.05) is 6.92 Å². The number of carboxylic acids is 1. The summed E-state index contributed by atoms with van der Waals surface area (Å²) in [6.45, 7) is 2.63. The van der Waals surface area contributed by atoms with E-state index in [0.29, 0.717) is 6.42 Å². The molecule has 0 aromatic heterocycles. The number of hydrogen-bond acceptors (Lipinski definition) is 3. The molecule has 0 aliphatic rings. The highest BCUT2D eigenvalue weighted by molar-refractivity contribution is 5.72. The molecule has 12 heavy (non-hydrogen) atoms. The molecule has 0 aliphatic carbocycles. The van der Waals surface area contributed by atoms with E-state index in [-0.39, 0.29) is 0 Å². The van der Waals surface area contributed by atoms with Gasteiger partial charge in [0.15, 0.2) is 0 Å². The molecule has 3 N–H and O–H groups in total. The van der Waals surface area contributed by atoms with Crippen LogP contribution in [-0.4, -0.2) is 29.9 Å². The molecule has 0 aromatic carbocycles. The summed E-state index contributed by atoms with van der Waals surface area (Å²) in [6.07, 6.45) is 4.02. The van der Waals surface area contributed by atoms with Crippen LogP contribution in [0.15, 0.2) is 4.99 Å². The van der Waals surface area contributed by atoms with E-state index in [1.165, 1.54) is 0 Å². The highest BCUT2D eigenvalue weighted by Crippen LogP contribution is 1.98. The third kappa shape index (κ3) is 5.85. The Bertz CT molecular complexity index is 157. The second kappa shape index (κ2) is 6.79. The summed E-state index contributed by atoms with van der Waals surface area (Å²) in [4.78, 5) is 14.3. The number of nitrogens with two attached hydrogens (primary N) is 1. The van der Waals surface area contributed by atoms with E-state index in [0.717, 1.165) is 19.4 Å². The van der Waals surface area contributed by atoms with Crippen LogP contribution in [0.2, 0.25) is 0 Å². The van der Waals surface area contributed by atoms with E-state index < -0.39 is 12.0 Å². The average molecular weight is 172 g/mol. The first-order valence-corrected chi connectivity index (χ1v) is 4.11. The fourth-order valence-electron chi connectivity index (χ4n) is 0.820. The first kappa shape index (κ1) is 11.1. The zero-order valence-electron chi connectivity index (χ0n) is 7.36. The topological polar surface area (TPSA) is 75.7 Å². The highest BCUT2D eigenvalue weighted by atomic mass is 16.4. The molecule has 70 valence electrons. The molecule has 0 amide bonds. The van der Waals surface area contributed by atoms with Crippen molar-refractivity contribution in [3.05, 3.63) is 0 Å². The quantitative estimate of drug-likeness (QED) is 0.456. The summed E-state index contributed by atoms with van der Waals surface area (Å²) in [5, 5.41) is 8.43. The van der Waals surface area contributed by atoms with E-state index in [2.05, 4.69) is 4.99 Å². The van der Waals surface area contributed by atoms with Gasteiger partial charge in [-0.25, -0.2) is 0 Å². The molecule has 0 spiro atoms. The van der Waals surface area contributed by atoms with Crippen LogP contribution < -0.4 is 5.73 Å². The van der Waals surface area contributed by atoms with Gasteiger partial charge in [0.25, 0.3) is 0 Å². The van der Waals surface area contributed by atoms with Gasteiger partial charge in [0, 0.05) is 6.54 Å². The first-order chi connectivity index (χ1) is 5.68. The predicted molar refractivity (Wildman–Crippen MR) is 48.5 cm³/mol.